The highest BCUT2D eigenvalue weighted by Crippen LogP contribution is 2.19. The molecule has 0 aliphatic carbocycles. The zero-order valence-electron chi connectivity index (χ0n) is 13.9. The van der Waals surface area contributed by atoms with Crippen LogP contribution in [0.4, 0.5) is 9.18 Å². The van der Waals surface area contributed by atoms with Crippen LogP contribution in [0.25, 0.3) is 0 Å². The van der Waals surface area contributed by atoms with E-state index in [2.05, 4.69) is 14.9 Å². The number of hydrogen-bond donors (Lipinski definition) is 1. The molecular weight excluding hydrogens is 307 g/mol. The average molecular weight is 330 g/mol. The maximum absolute atomic E-state index is 12.9. The quantitative estimate of drug-likeness (QED) is 0.937. The van der Waals surface area contributed by atoms with Crippen LogP contribution in [0.15, 0.2) is 36.7 Å². The number of nitrogens with zero attached hydrogens (tertiary/aromatic N) is 3. The van der Waals surface area contributed by atoms with E-state index in [0.29, 0.717) is 12.5 Å². The number of nitrogens with one attached hydrogen (secondary N) is 1. The summed E-state index contributed by atoms with van der Waals surface area (Å²) in [6.45, 7) is 4.95. The van der Waals surface area contributed by atoms with Crippen LogP contribution in [0.1, 0.15) is 24.2 Å². The second-order valence-electron chi connectivity index (χ2n) is 6.34. The van der Waals surface area contributed by atoms with Crippen LogP contribution < -0.4 is 5.32 Å². The number of carbonyl (C=O) groups excluding carboxylic acids is 1. The number of urea groups is 1. The van der Waals surface area contributed by atoms with Crippen molar-refractivity contribution < 1.29 is 9.18 Å². The summed E-state index contributed by atoms with van der Waals surface area (Å²) < 4.78 is 15.0. The molecule has 128 valence electrons. The molecule has 1 N–H and O–H groups in total. The normalized spacial score (nSPS) is 15.5. The summed E-state index contributed by atoms with van der Waals surface area (Å²) in [5, 5.41) is 2.91. The van der Waals surface area contributed by atoms with Gasteiger partial charge in [0, 0.05) is 38.6 Å². The van der Waals surface area contributed by atoms with Crippen LogP contribution in [-0.4, -0.2) is 33.6 Å². The van der Waals surface area contributed by atoms with Crippen molar-refractivity contribution in [3.05, 3.63) is 53.9 Å². The molecule has 0 spiro atoms. The van der Waals surface area contributed by atoms with Crippen molar-refractivity contribution in [2.45, 2.75) is 32.9 Å². The number of hydrogen-bond acceptors (Lipinski definition) is 2. The van der Waals surface area contributed by atoms with Crippen LogP contribution >= 0.6 is 0 Å². The Hall–Kier alpha value is -2.37. The molecule has 1 fully saturated rings. The summed E-state index contributed by atoms with van der Waals surface area (Å²) >= 11 is 0. The SMILES string of the molecule is Cc1nccn1CC1CCN(C(=O)NCc2ccc(F)cc2)CC1. The molecule has 6 heteroatoms. The first kappa shape index (κ1) is 16.5. The molecule has 0 atom stereocenters. The van der Waals surface area contributed by atoms with Gasteiger partial charge in [-0.15, -0.1) is 0 Å². The number of piperidine rings is 1. The molecule has 1 saturated heterocycles. The van der Waals surface area contributed by atoms with Gasteiger partial charge in [-0.2, -0.15) is 0 Å². The molecule has 0 radical (unpaired) electrons. The molecule has 2 aromatic rings. The van der Waals surface area contributed by atoms with E-state index < -0.39 is 0 Å². The van der Waals surface area contributed by atoms with E-state index >= 15 is 0 Å². The van der Waals surface area contributed by atoms with E-state index in [0.717, 1.165) is 43.9 Å². The predicted molar refractivity (Wildman–Crippen MR) is 89.9 cm³/mol. The van der Waals surface area contributed by atoms with Gasteiger partial charge in [-0.1, -0.05) is 12.1 Å². The van der Waals surface area contributed by atoms with E-state index in [9.17, 15) is 9.18 Å². The Morgan fingerprint density at radius 1 is 1.29 bits per heavy atom. The number of imidazole rings is 1. The lowest BCUT2D eigenvalue weighted by Crippen LogP contribution is -2.44. The topological polar surface area (TPSA) is 50.2 Å². The molecule has 1 aliphatic heterocycles. The third kappa shape index (κ3) is 4.13. The summed E-state index contributed by atoms with van der Waals surface area (Å²) in [4.78, 5) is 18.4. The molecule has 1 aliphatic rings. The minimum Gasteiger partial charge on any atom is -0.335 e. The molecule has 5 nitrogen and oxygen atoms in total. The number of halogens is 1. The first-order chi connectivity index (χ1) is 11.6. The Kier molecular flexibility index (Phi) is 5.13. The van der Waals surface area contributed by atoms with Crippen molar-refractivity contribution in [3.63, 3.8) is 0 Å². The molecule has 0 saturated carbocycles. The molecule has 0 unspecified atom stereocenters. The average Bonchev–Trinajstić information content (AvgIpc) is 3.00. The Balaban J connectivity index is 1.43. The maximum atomic E-state index is 12.9. The molecule has 2 heterocycles. The number of likely N-dealkylation sites (tertiary alicyclic amines) is 1. The van der Waals surface area contributed by atoms with E-state index in [1.807, 2.05) is 24.2 Å². The highest BCUT2D eigenvalue weighted by Gasteiger charge is 2.23. The first-order valence-electron chi connectivity index (χ1n) is 8.37. The summed E-state index contributed by atoms with van der Waals surface area (Å²) in [6.07, 6.45) is 5.84. The van der Waals surface area contributed by atoms with Gasteiger partial charge in [-0.3, -0.25) is 0 Å². The minimum atomic E-state index is -0.264. The van der Waals surface area contributed by atoms with Gasteiger partial charge in [-0.25, -0.2) is 14.2 Å². The smallest absolute Gasteiger partial charge is 0.317 e. The number of aryl methyl sites for hydroxylation is 1. The maximum Gasteiger partial charge on any atom is 0.317 e. The number of aromatic nitrogens is 2. The molecule has 3 rings (SSSR count). The highest BCUT2D eigenvalue weighted by atomic mass is 19.1. The van der Waals surface area contributed by atoms with Crippen LogP contribution in [0.3, 0.4) is 0 Å². The van der Waals surface area contributed by atoms with Crippen molar-refractivity contribution in [3.8, 4) is 0 Å². The fraction of sp³-hybridized carbons (Fsp3) is 0.444. The Bertz CT molecular complexity index is 675. The van der Waals surface area contributed by atoms with Gasteiger partial charge in [0.15, 0.2) is 0 Å². The number of amides is 2. The lowest BCUT2D eigenvalue weighted by molar-refractivity contribution is 0.165. The van der Waals surface area contributed by atoms with Gasteiger partial charge in [0.25, 0.3) is 0 Å². The largest absolute Gasteiger partial charge is 0.335 e. The Labute approximate surface area is 141 Å². The number of rotatable bonds is 4. The Morgan fingerprint density at radius 3 is 2.62 bits per heavy atom. The lowest BCUT2D eigenvalue weighted by atomic mass is 9.97. The molecule has 24 heavy (non-hydrogen) atoms. The van der Waals surface area contributed by atoms with Gasteiger partial charge in [0.2, 0.25) is 0 Å². The van der Waals surface area contributed by atoms with Gasteiger partial charge >= 0.3 is 6.03 Å². The molecule has 0 bridgehead atoms. The fourth-order valence-electron chi connectivity index (χ4n) is 3.09. The molecule has 1 aromatic heterocycles. The second kappa shape index (κ2) is 7.47. The van der Waals surface area contributed by atoms with Crippen molar-refractivity contribution in [1.82, 2.24) is 19.8 Å². The van der Waals surface area contributed by atoms with Gasteiger partial charge in [-0.05, 0) is 43.4 Å². The standard InChI is InChI=1S/C18H23FN4O/c1-14-20-8-11-23(14)13-16-6-9-22(10-7-16)18(24)21-12-15-2-4-17(19)5-3-15/h2-5,8,11,16H,6-7,9-10,12-13H2,1H3,(H,21,24). The van der Waals surface area contributed by atoms with Crippen molar-refractivity contribution in [2.24, 2.45) is 5.92 Å². The summed E-state index contributed by atoms with van der Waals surface area (Å²) in [5.74, 6) is 1.36. The highest BCUT2D eigenvalue weighted by molar-refractivity contribution is 5.74. The van der Waals surface area contributed by atoms with Crippen molar-refractivity contribution in [2.75, 3.05) is 13.1 Å². The van der Waals surface area contributed by atoms with E-state index in [1.54, 1.807) is 12.1 Å². The van der Waals surface area contributed by atoms with Crippen LogP contribution in [0, 0.1) is 18.7 Å². The van der Waals surface area contributed by atoms with Crippen molar-refractivity contribution >= 4 is 6.03 Å². The third-order valence-corrected chi connectivity index (χ3v) is 4.64. The van der Waals surface area contributed by atoms with E-state index in [-0.39, 0.29) is 11.8 Å². The monoisotopic (exact) mass is 330 g/mol. The molecular formula is C18H23FN4O. The summed E-state index contributed by atoms with van der Waals surface area (Å²) in [5.41, 5.74) is 0.898. The zero-order valence-corrected chi connectivity index (χ0v) is 13.9. The van der Waals surface area contributed by atoms with Crippen LogP contribution in [0.5, 0.6) is 0 Å². The predicted octanol–water partition coefficient (Wildman–Crippen LogP) is 2.95. The fourth-order valence-corrected chi connectivity index (χ4v) is 3.09. The van der Waals surface area contributed by atoms with Crippen molar-refractivity contribution in [1.29, 1.82) is 0 Å². The summed E-state index contributed by atoms with van der Waals surface area (Å²) in [6, 6.07) is 6.15. The van der Waals surface area contributed by atoms with Gasteiger partial charge in [0.1, 0.15) is 11.6 Å². The van der Waals surface area contributed by atoms with Crippen LogP contribution in [-0.2, 0) is 13.1 Å². The second-order valence-corrected chi connectivity index (χ2v) is 6.34. The zero-order chi connectivity index (χ0) is 16.9. The van der Waals surface area contributed by atoms with Gasteiger partial charge in [0.05, 0.1) is 0 Å². The molecule has 1 aromatic carbocycles. The number of benzene rings is 1. The number of carbonyl (C=O) groups is 1. The van der Waals surface area contributed by atoms with Gasteiger partial charge < -0.3 is 14.8 Å². The summed E-state index contributed by atoms with van der Waals surface area (Å²) in [7, 11) is 0. The lowest BCUT2D eigenvalue weighted by Gasteiger charge is -2.32. The van der Waals surface area contributed by atoms with E-state index in [4.69, 9.17) is 0 Å². The molecule has 2 amide bonds. The minimum absolute atomic E-state index is 0.0448. The Morgan fingerprint density at radius 2 is 2.00 bits per heavy atom. The third-order valence-electron chi connectivity index (χ3n) is 4.64. The first-order valence-corrected chi connectivity index (χ1v) is 8.37. The van der Waals surface area contributed by atoms with E-state index in [1.165, 1.54) is 12.1 Å². The van der Waals surface area contributed by atoms with Crippen LogP contribution in [0.2, 0.25) is 0 Å².